The van der Waals surface area contributed by atoms with Crippen LogP contribution in [-0.2, 0) is 16.2 Å². The van der Waals surface area contributed by atoms with Gasteiger partial charge >= 0.3 is 0 Å². The topological polar surface area (TPSA) is 19.6 Å². The molecule has 4 heteroatoms. The Morgan fingerprint density at radius 2 is 0.949 bits per heavy atom. The number of para-hydroxylation sites is 2. The minimum atomic E-state index is -0.0127. The van der Waals surface area contributed by atoms with Crippen molar-refractivity contribution in [3.05, 3.63) is 162 Å². The minimum absolute atomic E-state index is 0.00413. The lowest BCUT2D eigenvalue weighted by Crippen LogP contribution is -2.61. The SMILES string of the molecule is Cc1cc2c3c(c1)N(c1ccc(C(C)(C)C)cc1)c1ccc(C(C)(C)C)cc1B3c1cc(C(C)(C)C)ccc1N2c1ccc(-c2cccc3c2oc2ccccc23)cc1. The normalized spacial score (nSPS) is 13.8. The van der Waals surface area contributed by atoms with Gasteiger partial charge in [0.2, 0.25) is 0 Å². The Hall–Kier alpha value is -6.00. The van der Waals surface area contributed by atoms with Gasteiger partial charge in [-0.3, -0.25) is 0 Å². The van der Waals surface area contributed by atoms with Gasteiger partial charge in [-0.25, -0.2) is 0 Å². The molecule has 0 N–H and O–H groups in total. The van der Waals surface area contributed by atoms with Crippen LogP contribution in [0.15, 0.2) is 144 Å². The van der Waals surface area contributed by atoms with Crippen molar-refractivity contribution in [2.24, 2.45) is 0 Å². The zero-order valence-corrected chi connectivity index (χ0v) is 36.2. The second-order valence-corrected chi connectivity index (χ2v) is 20.0. The number of hydrogen-bond donors (Lipinski definition) is 0. The minimum Gasteiger partial charge on any atom is -0.455 e. The number of hydrogen-bond acceptors (Lipinski definition) is 3. The van der Waals surface area contributed by atoms with Crippen LogP contribution in [0.3, 0.4) is 0 Å². The quantitative estimate of drug-likeness (QED) is 0.167. The Morgan fingerprint density at radius 3 is 1.49 bits per heavy atom. The molecule has 0 fully saturated rings. The highest BCUT2D eigenvalue weighted by Crippen LogP contribution is 2.46. The van der Waals surface area contributed by atoms with Gasteiger partial charge in [-0.1, -0.05) is 147 Å². The van der Waals surface area contributed by atoms with E-state index in [4.69, 9.17) is 4.42 Å². The summed E-state index contributed by atoms with van der Waals surface area (Å²) >= 11 is 0. The highest BCUT2D eigenvalue weighted by Gasteiger charge is 2.44. The number of benzene rings is 7. The Kier molecular flexibility index (Phi) is 8.22. The smallest absolute Gasteiger partial charge is 0.252 e. The van der Waals surface area contributed by atoms with Crippen molar-refractivity contribution in [3.63, 3.8) is 0 Å². The third-order valence-electron chi connectivity index (χ3n) is 12.8. The molecule has 2 aliphatic heterocycles. The van der Waals surface area contributed by atoms with Gasteiger partial charge in [-0.05, 0) is 122 Å². The lowest BCUT2D eigenvalue weighted by Gasteiger charge is -2.45. The van der Waals surface area contributed by atoms with E-state index in [0.29, 0.717) is 0 Å². The number of rotatable bonds is 3. The van der Waals surface area contributed by atoms with E-state index in [9.17, 15) is 0 Å². The monoisotopic (exact) mass is 768 g/mol. The van der Waals surface area contributed by atoms with Crippen LogP contribution < -0.4 is 26.2 Å². The molecule has 3 nitrogen and oxygen atoms in total. The van der Waals surface area contributed by atoms with Crippen LogP contribution >= 0.6 is 0 Å². The van der Waals surface area contributed by atoms with E-state index in [0.717, 1.165) is 38.8 Å². The second kappa shape index (κ2) is 13.0. The van der Waals surface area contributed by atoms with E-state index in [1.807, 2.05) is 6.07 Å². The molecule has 1 aromatic heterocycles. The zero-order valence-electron chi connectivity index (χ0n) is 36.2. The summed E-state index contributed by atoms with van der Waals surface area (Å²) in [4.78, 5) is 5.06. The van der Waals surface area contributed by atoms with Gasteiger partial charge in [0, 0.05) is 50.5 Å². The highest BCUT2D eigenvalue weighted by molar-refractivity contribution is 7.00. The first-order valence-corrected chi connectivity index (χ1v) is 21.2. The summed E-state index contributed by atoms with van der Waals surface area (Å²) in [7, 11) is 0. The molecule has 0 spiro atoms. The van der Waals surface area contributed by atoms with E-state index < -0.39 is 0 Å². The summed E-state index contributed by atoms with van der Waals surface area (Å²) in [6.45, 7) is 23.1. The number of aryl methyl sites for hydroxylation is 1. The first-order chi connectivity index (χ1) is 28.1. The standard InChI is InChI=1S/C55H53BN2O/c1-34-30-48-51-49(31-34)58(40-26-20-36(21-27-40)53(2,3)4)47-29-23-38(55(8,9)10)33-45(47)56(51)44-32-37(54(5,6)7)22-28-46(44)57(48)39-24-18-35(19-25-39)41-15-13-16-43-42-14-11-12-17-50(42)59-52(41)43/h11-33H,1-10H3. The van der Waals surface area contributed by atoms with Crippen molar-refractivity contribution in [1.29, 1.82) is 0 Å². The maximum atomic E-state index is 6.49. The molecule has 0 saturated carbocycles. The predicted molar refractivity (Wildman–Crippen MR) is 254 cm³/mol. The molecule has 3 heterocycles. The highest BCUT2D eigenvalue weighted by atomic mass is 16.3. The molecule has 0 unspecified atom stereocenters. The van der Waals surface area contributed by atoms with Gasteiger partial charge in [0.15, 0.2) is 0 Å². The largest absolute Gasteiger partial charge is 0.455 e. The zero-order chi connectivity index (χ0) is 41.2. The molecule has 0 saturated heterocycles. The molecular formula is C55H53BN2O. The van der Waals surface area contributed by atoms with Crippen LogP contribution in [0.4, 0.5) is 34.1 Å². The average Bonchev–Trinajstić information content (AvgIpc) is 3.58. The fourth-order valence-corrected chi connectivity index (χ4v) is 9.51. The van der Waals surface area contributed by atoms with Gasteiger partial charge in [0.1, 0.15) is 11.2 Å². The Labute approximate surface area is 350 Å². The molecule has 8 aromatic rings. The van der Waals surface area contributed by atoms with Crippen molar-refractivity contribution in [1.82, 2.24) is 0 Å². The lowest BCUT2D eigenvalue weighted by molar-refractivity contribution is 0.590. The van der Waals surface area contributed by atoms with Crippen LogP contribution in [0, 0.1) is 6.92 Å². The Bertz CT molecular complexity index is 2950. The lowest BCUT2D eigenvalue weighted by atomic mass is 9.33. The molecule has 0 bridgehead atoms. The van der Waals surface area contributed by atoms with E-state index in [2.05, 4.69) is 212 Å². The first-order valence-electron chi connectivity index (χ1n) is 21.2. The number of anilines is 6. The van der Waals surface area contributed by atoms with Crippen LogP contribution in [0.25, 0.3) is 33.1 Å². The molecule has 7 aromatic carbocycles. The van der Waals surface area contributed by atoms with Crippen molar-refractivity contribution in [2.45, 2.75) is 85.5 Å². The first kappa shape index (κ1) is 37.3. The molecule has 0 amide bonds. The molecule has 10 rings (SSSR count). The summed E-state index contributed by atoms with van der Waals surface area (Å²) in [6.07, 6.45) is 0. The summed E-state index contributed by atoms with van der Waals surface area (Å²) in [5.41, 5.74) is 20.7. The van der Waals surface area contributed by atoms with Crippen molar-refractivity contribution >= 4 is 79.2 Å². The fraction of sp³-hybridized carbons (Fsp3) is 0.236. The van der Waals surface area contributed by atoms with Crippen LogP contribution in [0.2, 0.25) is 0 Å². The molecule has 59 heavy (non-hydrogen) atoms. The molecule has 0 radical (unpaired) electrons. The Morgan fingerprint density at radius 1 is 0.458 bits per heavy atom. The number of furan rings is 1. The van der Waals surface area contributed by atoms with Crippen molar-refractivity contribution < 1.29 is 4.42 Å². The third kappa shape index (κ3) is 6.02. The summed E-state index contributed by atoms with van der Waals surface area (Å²) < 4.78 is 6.49. The molecule has 2 aliphatic rings. The summed E-state index contributed by atoms with van der Waals surface area (Å²) in [5, 5.41) is 2.29. The van der Waals surface area contributed by atoms with E-state index in [1.165, 1.54) is 67.1 Å². The van der Waals surface area contributed by atoms with Crippen molar-refractivity contribution in [2.75, 3.05) is 9.80 Å². The van der Waals surface area contributed by atoms with E-state index in [-0.39, 0.29) is 23.0 Å². The van der Waals surface area contributed by atoms with Crippen LogP contribution in [0.5, 0.6) is 0 Å². The Balaban J connectivity index is 1.21. The molecule has 0 aliphatic carbocycles. The van der Waals surface area contributed by atoms with Gasteiger partial charge < -0.3 is 14.2 Å². The van der Waals surface area contributed by atoms with E-state index >= 15 is 0 Å². The van der Waals surface area contributed by atoms with Gasteiger partial charge in [-0.15, -0.1) is 0 Å². The van der Waals surface area contributed by atoms with Crippen molar-refractivity contribution in [3.8, 4) is 11.1 Å². The van der Waals surface area contributed by atoms with Crippen LogP contribution in [-0.4, -0.2) is 6.71 Å². The number of nitrogens with zero attached hydrogens (tertiary/aromatic N) is 2. The predicted octanol–water partition coefficient (Wildman–Crippen LogP) is 13.5. The number of fused-ring (bicyclic) bond motifs is 7. The maximum Gasteiger partial charge on any atom is 0.252 e. The summed E-state index contributed by atoms with van der Waals surface area (Å²) in [5.74, 6) is 0. The third-order valence-corrected chi connectivity index (χ3v) is 12.8. The van der Waals surface area contributed by atoms with Gasteiger partial charge in [-0.2, -0.15) is 0 Å². The van der Waals surface area contributed by atoms with E-state index in [1.54, 1.807) is 0 Å². The molecule has 0 atom stereocenters. The molecular weight excluding hydrogens is 715 g/mol. The van der Waals surface area contributed by atoms with Gasteiger partial charge in [0.25, 0.3) is 6.71 Å². The van der Waals surface area contributed by atoms with Crippen LogP contribution in [0.1, 0.15) is 84.6 Å². The molecule has 292 valence electrons. The van der Waals surface area contributed by atoms with Gasteiger partial charge in [0.05, 0.1) is 0 Å². The fourth-order valence-electron chi connectivity index (χ4n) is 9.51. The summed E-state index contributed by atoms with van der Waals surface area (Å²) in [6, 6.07) is 52.5. The second-order valence-electron chi connectivity index (χ2n) is 20.0. The average molecular weight is 769 g/mol. The maximum absolute atomic E-state index is 6.49.